The molecule has 2 fully saturated rings. The number of ether oxygens (including phenoxy) is 1. The number of esters is 1. The first-order valence-corrected chi connectivity index (χ1v) is 7.65. The van der Waals surface area contributed by atoms with Gasteiger partial charge in [0, 0.05) is 12.5 Å². The fourth-order valence-corrected chi connectivity index (χ4v) is 2.91. The molecule has 0 aromatic carbocycles. The first-order valence-electron chi connectivity index (χ1n) is 7.65. The van der Waals surface area contributed by atoms with Crippen LogP contribution in [0.25, 0.3) is 0 Å². The van der Waals surface area contributed by atoms with E-state index >= 15 is 0 Å². The van der Waals surface area contributed by atoms with E-state index in [4.69, 9.17) is 4.74 Å². The van der Waals surface area contributed by atoms with Crippen LogP contribution in [0.4, 0.5) is 0 Å². The zero-order valence-corrected chi connectivity index (χ0v) is 11.9. The molecule has 2 rings (SSSR count). The van der Waals surface area contributed by atoms with Crippen LogP contribution in [0, 0.1) is 5.92 Å². The molecule has 0 aliphatic heterocycles. The highest BCUT2D eigenvalue weighted by atomic mass is 16.5. The van der Waals surface area contributed by atoms with Crippen molar-refractivity contribution >= 4 is 11.9 Å². The first kappa shape index (κ1) is 14.4. The van der Waals surface area contributed by atoms with Crippen molar-refractivity contribution in [2.24, 2.45) is 5.92 Å². The van der Waals surface area contributed by atoms with Crippen molar-refractivity contribution < 1.29 is 14.3 Å². The molecule has 4 heteroatoms. The lowest BCUT2D eigenvalue weighted by Crippen LogP contribution is -2.39. The van der Waals surface area contributed by atoms with Gasteiger partial charge in [0.1, 0.15) is 6.54 Å². The maximum Gasteiger partial charge on any atom is 0.325 e. The summed E-state index contributed by atoms with van der Waals surface area (Å²) in [7, 11) is 0. The molecular weight excluding hydrogens is 242 g/mol. The van der Waals surface area contributed by atoms with E-state index < -0.39 is 0 Å². The van der Waals surface area contributed by atoms with Gasteiger partial charge in [0.25, 0.3) is 0 Å². The Balaban J connectivity index is 1.83. The molecule has 2 aliphatic rings. The van der Waals surface area contributed by atoms with Gasteiger partial charge in [-0.3, -0.25) is 9.59 Å². The largest absolute Gasteiger partial charge is 0.465 e. The number of carbonyl (C=O) groups is 2. The van der Waals surface area contributed by atoms with Gasteiger partial charge in [-0.2, -0.15) is 0 Å². The molecule has 2 aliphatic carbocycles. The maximum absolute atomic E-state index is 12.4. The smallest absolute Gasteiger partial charge is 0.325 e. The van der Waals surface area contributed by atoms with Crippen LogP contribution in [0.2, 0.25) is 0 Å². The first-order chi connectivity index (χ1) is 9.20. The average Bonchev–Trinajstić information content (AvgIpc) is 3.21. The fraction of sp³-hybridized carbons (Fsp3) is 0.867. The van der Waals surface area contributed by atoms with E-state index in [1.807, 2.05) is 0 Å². The minimum atomic E-state index is -0.272. The highest BCUT2D eigenvalue weighted by Gasteiger charge is 2.34. The molecule has 0 atom stereocenters. The molecule has 0 N–H and O–H groups in total. The second-order valence-electron chi connectivity index (χ2n) is 5.77. The number of hydrogen-bond donors (Lipinski definition) is 0. The molecular formula is C15H25NO3. The minimum Gasteiger partial charge on any atom is -0.465 e. The van der Waals surface area contributed by atoms with Crippen LogP contribution in [-0.4, -0.2) is 36.0 Å². The number of carbonyl (C=O) groups excluding carboxylic acids is 2. The summed E-state index contributed by atoms with van der Waals surface area (Å²) in [6, 6.07) is 0.292. The Morgan fingerprint density at radius 1 is 1.11 bits per heavy atom. The number of nitrogens with zero attached hydrogens (tertiary/aromatic N) is 1. The Bertz CT molecular complexity index is 319. The molecule has 0 spiro atoms. The summed E-state index contributed by atoms with van der Waals surface area (Å²) < 4.78 is 4.96. The van der Waals surface area contributed by atoms with Crippen molar-refractivity contribution in [3.05, 3.63) is 0 Å². The van der Waals surface area contributed by atoms with E-state index in [-0.39, 0.29) is 18.4 Å². The zero-order chi connectivity index (χ0) is 13.7. The zero-order valence-electron chi connectivity index (χ0n) is 11.9. The normalized spacial score (nSPS) is 20.1. The molecule has 19 heavy (non-hydrogen) atoms. The van der Waals surface area contributed by atoms with Gasteiger partial charge < -0.3 is 9.64 Å². The van der Waals surface area contributed by atoms with Gasteiger partial charge >= 0.3 is 5.97 Å². The molecule has 1 amide bonds. The van der Waals surface area contributed by atoms with Crippen LogP contribution in [0.15, 0.2) is 0 Å². The molecule has 0 unspecified atom stereocenters. The summed E-state index contributed by atoms with van der Waals surface area (Å²) in [4.78, 5) is 25.7. The van der Waals surface area contributed by atoms with Crippen molar-refractivity contribution in [1.29, 1.82) is 0 Å². The quantitative estimate of drug-likeness (QED) is 0.695. The van der Waals surface area contributed by atoms with Crippen molar-refractivity contribution in [3.8, 4) is 0 Å². The van der Waals surface area contributed by atoms with Crippen LogP contribution < -0.4 is 0 Å². The second-order valence-corrected chi connectivity index (χ2v) is 5.77. The molecule has 0 heterocycles. The van der Waals surface area contributed by atoms with Gasteiger partial charge in [-0.05, 0) is 38.5 Å². The van der Waals surface area contributed by atoms with Gasteiger partial charge in [0.15, 0.2) is 0 Å². The standard InChI is InChI=1S/C15H25NO3/c1-2-19-15(18)11-16(13-8-9-13)14(17)10-12-6-4-3-5-7-12/h12-13H,2-11H2,1H3. The predicted octanol–water partition coefficient (Wildman–Crippen LogP) is 2.51. The third-order valence-corrected chi connectivity index (χ3v) is 4.10. The van der Waals surface area contributed by atoms with Crippen molar-refractivity contribution in [3.63, 3.8) is 0 Å². The SMILES string of the molecule is CCOC(=O)CN(C(=O)CC1CCCCC1)C1CC1. The van der Waals surface area contributed by atoms with Crippen LogP contribution in [0.3, 0.4) is 0 Å². The van der Waals surface area contributed by atoms with E-state index in [1.54, 1.807) is 11.8 Å². The summed E-state index contributed by atoms with van der Waals surface area (Å²) in [5, 5.41) is 0. The maximum atomic E-state index is 12.4. The summed E-state index contributed by atoms with van der Waals surface area (Å²) in [6.07, 6.45) is 8.84. The van der Waals surface area contributed by atoms with E-state index in [0.717, 1.165) is 12.8 Å². The van der Waals surface area contributed by atoms with Crippen molar-refractivity contribution in [2.75, 3.05) is 13.2 Å². The molecule has 4 nitrogen and oxygen atoms in total. The lowest BCUT2D eigenvalue weighted by Gasteiger charge is -2.26. The van der Waals surface area contributed by atoms with Crippen LogP contribution in [0.5, 0.6) is 0 Å². The van der Waals surface area contributed by atoms with E-state index in [0.29, 0.717) is 25.0 Å². The second kappa shape index (κ2) is 6.92. The van der Waals surface area contributed by atoms with Gasteiger partial charge in [-0.15, -0.1) is 0 Å². The Hall–Kier alpha value is -1.06. The summed E-state index contributed by atoms with van der Waals surface area (Å²) >= 11 is 0. The molecule has 108 valence electrons. The average molecular weight is 267 g/mol. The van der Waals surface area contributed by atoms with Crippen LogP contribution >= 0.6 is 0 Å². The number of amides is 1. The lowest BCUT2D eigenvalue weighted by molar-refractivity contribution is -0.149. The predicted molar refractivity (Wildman–Crippen MR) is 72.6 cm³/mol. The summed E-state index contributed by atoms with van der Waals surface area (Å²) in [6.45, 7) is 2.32. The highest BCUT2D eigenvalue weighted by molar-refractivity contribution is 5.82. The van der Waals surface area contributed by atoms with E-state index in [1.165, 1.54) is 32.1 Å². The molecule has 2 saturated carbocycles. The van der Waals surface area contributed by atoms with Gasteiger partial charge in [0.05, 0.1) is 6.61 Å². The van der Waals surface area contributed by atoms with Gasteiger partial charge in [-0.25, -0.2) is 0 Å². The molecule has 0 bridgehead atoms. The Morgan fingerprint density at radius 2 is 1.79 bits per heavy atom. The van der Waals surface area contributed by atoms with Gasteiger partial charge in [-0.1, -0.05) is 19.3 Å². The monoisotopic (exact) mass is 267 g/mol. The van der Waals surface area contributed by atoms with Gasteiger partial charge in [0.2, 0.25) is 5.91 Å². The highest BCUT2D eigenvalue weighted by Crippen LogP contribution is 2.31. The fourth-order valence-electron chi connectivity index (χ4n) is 2.91. The topological polar surface area (TPSA) is 46.6 Å². The number of rotatable bonds is 6. The molecule has 0 radical (unpaired) electrons. The Morgan fingerprint density at radius 3 is 2.37 bits per heavy atom. The molecule has 0 aromatic rings. The Kier molecular flexibility index (Phi) is 5.23. The minimum absolute atomic E-state index is 0.143. The van der Waals surface area contributed by atoms with Crippen LogP contribution in [-0.2, 0) is 14.3 Å². The third kappa shape index (κ3) is 4.51. The Labute approximate surface area is 115 Å². The summed E-state index contributed by atoms with van der Waals surface area (Å²) in [5.41, 5.74) is 0. The van der Waals surface area contributed by atoms with Crippen LogP contribution in [0.1, 0.15) is 58.3 Å². The number of hydrogen-bond acceptors (Lipinski definition) is 3. The van der Waals surface area contributed by atoms with E-state index in [9.17, 15) is 9.59 Å². The third-order valence-electron chi connectivity index (χ3n) is 4.10. The molecule has 0 aromatic heterocycles. The lowest BCUT2D eigenvalue weighted by atomic mass is 9.86. The van der Waals surface area contributed by atoms with Crippen molar-refractivity contribution in [2.45, 2.75) is 64.3 Å². The van der Waals surface area contributed by atoms with Crippen molar-refractivity contribution in [1.82, 2.24) is 4.90 Å². The van der Waals surface area contributed by atoms with E-state index in [2.05, 4.69) is 0 Å². The molecule has 0 saturated heterocycles. The summed E-state index contributed by atoms with van der Waals surface area (Å²) in [5.74, 6) is 0.415.